The fourth-order valence-corrected chi connectivity index (χ4v) is 2.55. The summed E-state index contributed by atoms with van der Waals surface area (Å²) in [5, 5.41) is 3.21. The van der Waals surface area contributed by atoms with Crippen LogP contribution in [0.4, 0.5) is 11.4 Å². The van der Waals surface area contributed by atoms with E-state index in [0.29, 0.717) is 0 Å². The lowest BCUT2D eigenvalue weighted by Gasteiger charge is -2.24. The molecule has 2 aromatic carbocycles. The molecule has 1 N–H and O–H groups in total. The van der Waals surface area contributed by atoms with E-state index in [1.54, 1.807) is 0 Å². The highest BCUT2D eigenvalue weighted by atomic mass is 15.1. The van der Waals surface area contributed by atoms with E-state index in [1.807, 2.05) is 7.05 Å². The van der Waals surface area contributed by atoms with E-state index in [0.717, 1.165) is 13.1 Å². The van der Waals surface area contributed by atoms with Crippen molar-refractivity contribution in [2.45, 2.75) is 27.3 Å². The average Bonchev–Trinajstić information content (AvgIpc) is 2.43. The molecular weight excluding hydrogens is 244 g/mol. The van der Waals surface area contributed by atoms with E-state index in [-0.39, 0.29) is 0 Å². The van der Waals surface area contributed by atoms with Gasteiger partial charge in [-0.25, -0.2) is 0 Å². The molecule has 0 bridgehead atoms. The molecule has 20 heavy (non-hydrogen) atoms. The predicted octanol–water partition coefficient (Wildman–Crippen LogP) is 4.18. The summed E-state index contributed by atoms with van der Waals surface area (Å²) in [5.74, 6) is 0. The second-order valence-corrected chi connectivity index (χ2v) is 5.22. The maximum Gasteiger partial charge on any atom is 0.0413 e. The molecule has 0 fully saturated rings. The molecule has 0 atom stereocenters. The number of benzene rings is 2. The smallest absolute Gasteiger partial charge is 0.0413 e. The van der Waals surface area contributed by atoms with E-state index < -0.39 is 0 Å². The molecule has 0 spiro atoms. The van der Waals surface area contributed by atoms with Crippen LogP contribution in [-0.4, -0.2) is 13.6 Å². The zero-order valence-corrected chi connectivity index (χ0v) is 12.9. The van der Waals surface area contributed by atoms with Crippen LogP contribution in [0.3, 0.4) is 0 Å². The Hall–Kier alpha value is -1.80. The van der Waals surface area contributed by atoms with Gasteiger partial charge < -0.3 is 10.2 Å². The van der Waals surface area contributed by atoms with Crippen LogP contribution in [-0.2, 0) is 6.54 Å². The summed E-state index contributed by atoms with van der Waals surface area (Å²) >= 11 is 0. The van der Waals surface area contributed by atoms with Gasteiger partial charge in [-0.1, -0.05) is 18.2 Å². The van der Waals surface area contributed by atoms with Crippen molar-refractivity contribution < 1.29 is 0 Å². The molecule has 0 saturated heterocycles. The van der Waals surface area contributed by atoms with Crippen molar-refractivity contribution in [2.75, 3.05) is 18.5 Å². The highest BCUT2D eigenvalue weighted by Gasteiger charge is 2.08. The van der Waals surface area contributed by atoms with Gasteiger partial charge in [0, 0.05) is 24.5 Å². The SMILES string of the molecule is CCN(c1cccc(C)c1)c1ccc(CNC)c(C)c1. The minimum absolute atomic E-state index is 0.919. The maximum absolute atomic E-state index is 3.21. The number of aryl methyl sites for hydroxylation is 2. The largest absolute Gasteiger partial charge is 0.342 e. The van der Waals surface area contributed by atoms with Gasteiger partial charge in [0.2, 0.25) is 0 Å². The molecule has 2 nitrogen and oxygen atoms in total. The van der Waals surface area contributed by atoms with Crippen LogP contribution < -0.4 is 10.2 Å². The summed E-state index contributed by atoms with van der Waals surface area (Å²) in [6.45, 7) is 8.40. The van der Waals surface area contributed by atoms with Crippen LogP contribution in [0.2, 0.25) is 0 Å². The number of nitrogens with one attached hydrogen (secondary N) is 1. The van der Waals surface area contributed by atoms with Gasteiger partial charge in [-0.3, -0.25) is 0 Å². The Kier molecular flexibility index (Phi) is 4.80. The van der Waals surface area contributed by atoms with Crippen molar-refractivity contribution in [3.05, 3.63) is 59.2 Å². The van der Waals surface area contributed by atoms with E-state index in [1.165, 1.54) is 28.1 Å². The maximum atomic E-state index is 3.21. The molecule has 0 heterocycles. The molecule has 2 rings (SSSR count). The van der Waals surface area contributed by atoms with Gasteiger partial charge in [-0.15, -0.1) is 0 Å². The number of nitrogens with zero attached hydrogens (tertiary/aromatic N) is 1. The van der Waals surface area contributed by atoms with Crippen LogP contribution in [0.1, 0.15) is 23.6 Å². The Labute approximate surface area is 122 Å². The molecule has 0 amide bonds. The van der Waals surface area contributed by atoms with Crippen LogP contribution in [0, 0.1) is 13.8 Å². The van der Waals surface area contributed by atoms with Crippen LogP contribution in [0.15, 0.2) is 42.5 Å². The Morgan fingerprint density at radius 3 is 2.35 bits per heavy atom. The highest BCUT2D eigenvalue weighted by Crippen LogP contribution is 2.27. The number of hydrogen-bond donors (Lipinski definition) is 1. The standard InChI is InChI=1S/C18H24N2/c1-5-20(17-8-6-7-14(2)11-17)18-10-9-16(13-19-4)15(3)12-18/h6-12,19H,5,13H2,1-4H3. The van der Waals surface area contributed by atoms with Crippen molar-refractivity contribution in [1.82, 2.24) is 5.32 Å². The van der Waals surface area contributed by atoms with Gasteiger partial charge in [0.1, 0.15) is 0 Å². The number of hydrogen-bond acceptors (Lipinski definition) is 2. The molecule has 0 aromatic heterocycles. The minimum atomic E-state index is 0.919. The summed E-state index contributed by atoms with van der Waals surface area (Å²) < 4.78 is 0. The van der Waals surface area contributed by atoms with E-state index in [4.69, 9.17) is 0 Å². The summed E-state index contributed by atoms with van der Waals surface area (Å²) in [5.41, 5.74) is 6.51. The van der Waals surface area contributed by atoms with E-state index in [9.17, 15) is 0 Å². The lowest BCUT2D eigenvalue weighted by Crippen LogP contribution is -2.16. The zero-order chi connectivity index (χ0) is 14.5. The summed E-state index contributed by atoms with van der Waals surface area (Å²) in [6.07, 6.45) is 0. The Bertz CT molecular complexity index is 575. The average molecular weight is 268 g/mol. The zero-order valence-electron chi connectivity index (χ0n) is 12.9. The lowest BCUT2D eigenvalue weighted by atomic mass is 10.1. The first-order valence-electron chi connectivity index (χ1n) is 7.24. The van der Waals surface area contributed by atoms with Crippen molar-refractivity contribution >= 4 is 11.4 Å². The quantitative estimate of drug-likeness (QED) is 0.875. The molecule has 0 saturated carbocycles. The fraction of sp³-hybridized carbons (Fsp3) is 0.333. The molecule has 0 aliphatic carbocycles. The molecular formula is C18H24N2. The lowest BCUT2D eigenvalue weighted by molar-refractivity contribution is 0.812. The van der Waals surface area contributed by atoms with Crippen molar-refractivity contribution in [3.8, 4) is 0 Å². The number of rotatable bonds is 5. The van der Waals surface area contributed by atoms with Crippen molar-refractivity contribution in [1.29, 1.82) is 0 Å². The molecule has 2 aromatic rings. The minimum Gasteiger partial charge on any atom is -0.342 e. The van der Waals surface area contributed by atoms with Crippen molar-refractivity contribution in [2.24, 2.45) is 0 Å². The Morgan fingerprint density at radius 2 is 1.75 bits per heavy atom. The second kappa shape index (κ2) is 6.58. The third-order valence-electron chi connectivity index (χ3n) is 3.63. The molecule has 0 radical (unpaired) electrons. The van der Waals surface area contributed by atoms with Gasteiger partial charge in [0.05, 0.1) is 0 Å². The van der Waals surface area contributed by atoms with Gasteiger partial charge in [-0.2, -0.15) is 0 Å². The molecule has 106 valence electrons. The first-order valence-corrected chi connectivity index (χ1v) is 7.24. The van der Waals surface area contributed by atoms with Crippen LogP contribution >= 0.6 is 0 Å². The number of anilines is 2. The highest BCUT2D eigenvalue weighted by molar-refractivity contribution is 5.64. The first kappa shape index (κ1) is 14.6. The van der Waals surface area contributed by atoms with Gasteiger partial charge in [-0.05, 0) is 68.8 Å². The van der Waals surface area contributed by atoms with Crippen LogP contribution in [0.5, 0.6) is 0 Å². The topological polar surface area (TPSA) is 15.3 Å². The molecule has 0 aliphatic rings. The molecule has 2 heteroatoms. The van der Waals surface area contributed by atoms with Gasteiger partial charge in [0.25, 0.3) is 0 Å². The van der Waals surface area contributed by atoms with Gasteiger partial charge >= 0.3 is 0 Å². The van der Waals surface area contributed by atoms with Gasteiger partial charge in [0.15, 0.2) is 0 Å². The summed E-state index contributed by atoms with van der Waals surface area (Å²) in [4.78, 5) is 2.35. The summed E-state index contributed by atoms with van der Waals surface area (Å²) in [6, 6.07) is 15.4. The monoisotopic (exact) mass is 268 g/mol. The Balaban J connectivity index is 2.35. The van der Waals surface area contributed by atoms with E-state index in [2.05, 4.69) is 73.5 Å². The third-order valence-corrected chi connectivity index (χ3v) is 3.63. The first-order chi connectivity index (χ1) is 9.65. The van der Waals surface area contributed by atoms with E-state index >= 15 is 0 Å². The third kappa shape index (κ3) is 3.20. The second-order valence-electron chi connectivity index (χ2n) is 5.22. The summed E-state index contributed by atoms with van der Waals surface area (Å²) in [7, 11) is 1.98. The normalized spacial score (nSPS) is 10.6. The van der Waals surface area contributed by atoms with Crippen molar-refractivity contribution in [3.63, 3.8) is 0 Å². The van der Waals surface area contributed by atoms with Crippen LogP contribution in [0.25, 0.3) is 0 Å². The molecule has 0 unspecified atom stereocenters. The fourth-order valence-electron chi connectivity index (χ4n) is 2.55. The molecule has 0 aliphatic heterocycles. The Morgan fingerprint density at radius 1 is 1.00 bits per heavy atom. The predicted molar refractivity (Wildman–Crippen MR) is 87.8 cm³/mol.